The van der Waals surface area contributed by atoms with Gasteiger partial charge in [-0.15, -0.1) is 0 Å². The molecule has 0 spiro atoms. The van der Waals surface area contributed by atoms with Gasteiger partial charge in [0.25, 0.3) is 0 Å². The van der Waals surface area contributed by atoms with E-state index in [2.05, 4.69) is 6.58 Å². The van der Waals surface area contributed by atoms with Gasteiger partial charge in [-0.1, -0.05) is 82.0 Å². The van der Waals surface area contributed by atoms with Gasteiger partial charge in [0.05, 0.1) is 50.3 Å². The first-order valence-electron chi connectivity index (χ1n) is 25.7. The van der Waals surface area contributed by atoms with E-state index < -0.39 is 147 Å². The molecule has 4 heterocycles. The molecule has 0 amide bonds. The highest BCUT2D eigenvalue weighted by Gasteiger charge is 2.54. The third-order valence-electron chi connectivity index (χ3n) is 15.1. The summed E-state index contributed by atoms with van der Waals surface area (Å²) in [5.74, 6) is -2.22. The first kappa shape index (κ1) is 56.2. The van der Waals surface area contributed by atoms with Crippen molar-refractivity contribution in [3.05, 3.63) is 83.6 Å². The van der Waals surface area contributed by atoms with E-state index in [4.69, 9.17) is 47.4 Å². The van der Waals surface area contributed by atoms with E-state index in [1.54, 1.807) is 24.3 Å². The first-order valence-corrected chi connectivity index (χ1v) is 25.7. The zero-order chi connectivity index (χ0) is 52.8. The number of carboxylic acid groups (broad SMARTS) is 1. The lowest BCUT2D eigenvalue weighted by Crippen LogP contribution is -2.64. The largest absolute Gasteiger partial charge is 0.479 e. The molecule has 0 aromatic heterocycles. The molecular weight excluding hydrogens is 973 g/mol. The maximum Gasteiger partial charge on any atom is 0.338 e. The molecule has 2 aromatic carbocycles. The van der Waals surface area contributed by atoms with Gasteiger partial charge in [-0.2, -0.15) is 0 Å². The summed E-state index contributed by atoms with van der Waals surface area (Å²) < 4.78 is 61.7. The standard InChI is InChI=1S/C53H72O21/c1-26-18-30(24-66-51-44(61)46(40(57)37(22-54)71-51)65-25-33-21-32-16-10-11-17-34(32)67-27(33)2)20-35(45(26)74-52-43(60)42(59)39(56)28(3)68-52)70-53-48(73-50(64)31-14-8-5-9-15-31)47(41(58)38(23-55)72-53)69-36(49(62)63)19-29-12-6-4-7-13-29/h5,8-11,14-17,21,26,28-30,35-48,51-61H,2,4,6-7,12-13,18-20,22-25H2,1,3H3,(H,62,63)/t26?,28?,30?,35-,36+,37?,38+,39-,40-,41+,42+,43?,44?,45-,46?,47?,48?,51+,52+,53-/m1/s1. The number of fused-ring (bicyclic) bond motifs is 1. The normalized spacial score (nSPS) is 38.3. The highest BCUT2D eigenvalue weighted by Crippen LogP contribution is 2.40. The fraction of sp³-hybridized carbons (Fsp3) is 0.660. The molecule has 74 heavy (non-hydrogen) atoms. The van der Waals surface area contributed by atoms with Crippen LogP contribution in [0, 0.1) is 17.8 Å². The molecule has 21 nitrogen and oxygen atoms in total. The number of aliphatic carboxylic acids is 1. The first-order chi connectivity index (χ1) is 35.5. The topological polar surface area (TPSA) is 309 Å². The summed E-state index contributed by atoms with van der Waals surface area (Å²) in [5.41, 5.74) is 1.44. The van der Waals surface area contributed by atoms with Gasteiger partial charge in [0, 0.05) is 11.1 Å². The highest BCUT2D eigenvalue weighted by molar-refractivity contribution is 5.89. The Bertz CT molecular complexity index is 2190. The number of carbonyl (C=O) groups is 2. The van der Waals surface area contributed by atoms with Crippen molar-refractivity contribution in [2.75, 3.05) is 26.4 Å². The van der Waals surface area contributed by atoms with Gasteiger partial charge in [0.1, 0.15) is 72.5 Å². The molecular formula is C53H72O21. The van der Waals surface area contributed by atoms with Crippen molar-refractivity contribution in [1.29, 1.82) is 0 Å². The van der Waals surface area contributed by atoms with Gasteiger partial charge in [-0.05, 0) is 68.2 Å². The molecule has 2 saturated carbocycles. The fourth-order valence-electron chi connectivity index (χ4n) is 10.9. The summed E-state index contributed by atoms with van der Waals surface area (Å²) in [5, 5.41) is 98.3. The molecule has 20 atom stereocenters. The number of rotatable bonds is 19. The van der Waals surface area contributed by atoms with Crippen LogP contribution < -0.4 is 4.74 Å². The van der Waals surface area contributed by atoms with Crippen LogP contribution in [0.25, 0.3) is 6.08 Å². The number of esters is 1. The highest BCUT2D eigenvalue weighted by atomic mass is 16.8. The number of carboxylic acids is 1. The van der Waals surface area contributed by atoms with Crippen molar-refractivity contribution < 1.29 is 103 Å². The van der Waals surface area contributed by atoms with E-state index in [0.717, 1.165) is 37.7 Å². The number of aliphatic hydroxyl groups excluding tert-OH is 8. The molecule has 8 rings (SSSR count). The van der Waals surface area contributed by atoms with Crippen LogP contribution in [0.3, 0.4) is 0 Å². The summed E-state index contributed by atoms with van der Waals surface area (Å²) in [7, 11) is 0. The van der Waals surface area contributed by atoms with Crippen molar-refractivity contribution in [2.24, 2.45) is 17.8 Å². The second-order valence-electron chi connectivity index (χ2n) is 20.4. The van der Waals surface area contributed by atoms with Crippen LogP contribution in [0.4, 0.5) is 0 Å². The molecule has 9 N–H and O–H groups in total. The van der Waals surface area contributed by atoms with Gasteiger partial charge in [-0.3, -0.25) is 0 Å². The van der Waals surface area contributed by atoms with Crippen LogP contribution in [0.1, 0.15) is 81.1 Å². The zero-order valence-corrected chi connectivity index (χ0v) is 41.5. The lowest BCUT2D eigenvalue weighted by Gasteiger charge is -2.48. The molecule has 0 bridgehead atoms. The van der Waals surface area contributed by atoms with Crippen molar-refractivity contribution >= 4 is 18.0 Å². The van der Waals surface area contributed by atoms with E-state index in [0.29, 0.717) is 23.5 Å². The molecule has 0 radical (unpaired) electrons. The molecule has 6 aliphatic rings. The summed E-state index contributed by atoms with van der Waals surface area (Å²) >= 11 is 0. The van der Waals surface area contributed by atoms with Crippen LogP contribution in [-0.4, -0.2) is 195 Å². The molecule has 3 saturated heterocycles. The minimum atomic E-state index is -1.72. The average Bonchev–Trinajstić information content (AvgIpc) is 3.39. The van der Waals surface area contributed by atoms with Crippen molar-refractivity contribution in [3.8, 4) is 5.75 Å². The third-order valence-corrected chi connectivity index (χ3v) is 15.1. The number of aliphatic hydroxyl groups is 8. The zero-order valence-electron chi connectivity index (χ0n) is 41.5. The Morgan fingerprint density at radius 1 is 0.689 bits per heavy atom. The van der Waals surface area contributed by atoms with Gasteiger partial charge in [-0.25, -0.2) is 9.59 Å². The second kappa shape index (κ2) is 25.4. The SMILES string of the molecule is C=C1Oc2ccccc2C=C1COC1C(O)[C@@H](OCC2CC(C)[C@@H](O[C@@H]3OC(C)[C@@H](O)[C@H](O)C3O)[C@H](O[C@@H]3O[C@@H](CO)[C@H](O)C(O[C@@H](CC4CCCCC4)C(=O)O)C3OC(=O)c3ccccc3)C2)OC(CO)[C@H]1O. The predicted octanol–water partition coefficient (Wildman–Crippen LogP) is 1.57. The van der Waals surface area contributed by atoms with Crippen LogP contribution in [0.15, 0.2) is 72.5 Å². The number of para-hydroxylation sites is 1. The minimum Gasteiger partial charge on any atom is -0.479 e. The lowest BCUT2D eigenvalue weighted by atomic mass is 9.78. The van der Waals surface area contributed by atoms with Gasteiger partial charge < -0.3 is 93.3 Å². The lowest BCUT2D eigenvalue weighted by molar-refractivity contribution is -0.351. The van der Waals surface area contributed by atoms with Crippen molar-refractivity contribution in [3.63, 3.8) is 0 Å². The quantitative estimate of drug-likeness (QED) is 0.0902. The van der Waals surface area contributed by atoms with E-state index in [1.165, 1.54) is 19.1 Å². The summed E-state index contributed by atoms with van der Waals surface area (Å²) in [6, 6.07) is 15.2. The Hall–Kier alpha value is -3.98. The number of ether oxygens (including phenoxy) is 10. The number of hydrogen-bond acceptors (Lipinski definition) is 20. The van der Waals surface area contributed by atoms with Crippen LogP contribution in [-0.2, 0) is 47.4 Å². The second-order valence-corrected chi connectivity index (χ2v) is 20.4. The molecule has 9 unspecified atom stereocenters. The fourth-order valence-corrected chi connectivity index (χ4v) is 10.9. The molecule has 21 heteroatoms. The Morgan fingerprint density at radius 2 is 1.36 bits per heavy atom. The van der Waals surface area contributed by atoms with E-state index in [9.17, 15) is 55.5 Å². The van der Waals surface area contributed by atoms with Crippen molar-refractivity contribution in [2.45, 2.75) is 176 Å². The Morgan fingerprint density at radius 3 is 2.07 bits per heavy atom. The van der Waals surface area contributed by atoms with Gasteiger partial charge in [0.2, 0.25) is 0 Å². The van der Waals surface area contributed by atoms with Crippen molar-refractivity contribution in [1.82, 2.24) is 0 Å². The number of hydrogen-bond donors (Lipinski definition) is 9. The van der Waals surface area contributed by atoms with Crippen LogP contribution in [0.2, 0.25) is 0 Å². The monoisotopic (exact) mass is 1040 g/mol. The third kappa shape index (κ3) is 13.0. The summed E-state index contributed by atoms with van der Waals surface area (Å²) in [6.45, 7) is 5.60. The Balaban J connectivity index is 1.05. The molecule has 4 aliphatic heterocycles. The predicted molar refractivity (Wildman–Crippen MR) is 257 cm³/mol. The number of carbonyl (C=O) groups excluding carboxylic acids is 1. The van der Waals surface area contributed by atoms with E-state index in [1.807, 2.05) is 31.2 Å². The minimum absolute atomic E-state index is 0.0139. The van der Waals surface area contributed by atoms with Gasteiger partial charge >= 0.3 is 11.9 Å². The molecule has 5 fully saturated rings. The summed E-state index contributed by atoms with van der Waals surface area (Å²) in [4.78, 5) is 26.8. The van der Waals surface area contributed by atoms with E-state index in [-0.39, 0.29) is 37.5 Å². The summed E-state index contributed by atoms with van der Waals surface area (Å²) in [6.07, 6.45) is -19.2. The maximum atomic E-state index is 13.9. The molecule has 410 valence electrons. The number of benzene rings is 2. The van der Waals surface area contributed by atoms with Crippen LogP contribution in [0.5, 0.6) is 5.75 Å². The molecule has 2 aromatic rings. The van der Waals surface area contributed by atoms with Gasteiger partial charge in [0.15, 0.2) is 31.1 Å². The van der Waals surface area contributed by atoms with E-state index >= 15 is 0 Å². The Kier molecular flexibility index (Phi) is 19.3. The Labute approximate surface area is 429 Å². The maximum absolute atomic E-state index is 13.9. The van der Waals surface area contributed by atoms with Crippen LogP contribution >= 0.6 is 0 Å². The molecule has 2 aliphatic carbocycles. The average molecular weight is 1050 g/mol. The smallest absolute Gasteiger partial charge is 0.338 e.